The van der Waals surface area contributed by atoms with Gasteiger partial charge in [-0.05, 0) is 54.1 Å². The molecule has 0 aliphatic carbocycles. The maximum atomic E-state index is 5.83. The van der Waals surface area contributed by atoms with Crippen LogP contribution >= 0.6 is 11.6 Å². The summed E-state index contributed by atoms with van der Waals surface area (Å²) >= 11 is 5.83. The lowest BCUT2D eigenvalue weighted by Crippen LogP contribution is -2.30. The van der Waals surface area contributed by atoms with E-state index < -0.39 is 0 Å². The van der Waals surface area contributed by atoms with Gasteiger partial charge in [0.15, 0.2) is 5.22 Å². The van der Waals surface area contributed by atoms with E-state index in [0.717, 1.165) is 31.0 Å². The Hall–Kier alpha value is -1.49. The van der Waals surface area contributed by atoms with Gasteiger partial charge in [0.05, 0.1) is 12.6 Å². The van der Waals surface area contributed by atoms with Crippen LogP contribution in [0.2, 0.25) is 5.22 Å². The van der Waals surface area contributed by atoms with Crippen molar-refractivity contribution in [2.45, 2.75) is 24.8 Å². The third-order valence-electron chi connectivity index (χ3n) is 3.74. The minimum Gasteiger partial charge on any atom is -0.493 e. The molecule has 0 saturated heterocycles. The number of hydrogen-bond donors (Lipinski definition) is 2. The second-order valence-corrected chi connectivity index (χ2v) is 5.34. The minimum atomic E-state index is -0.0568. The fourth-order valence-corrected chi connectivity index (χ4v) is 2.88. The summed E-state index contributed by atoms with van der Waals surface area (Å²) in [6, 6.07) is 11.7. The predicted octanol–water partition coefficient (Wildman–Crippen LogP) is 3.39. The standard InChI is InChI=1S/C15H17ClN2O2/c16-15-6-5-14(20-15)12(18-17)9-10-7-8-19-13-4-2-1-3-11(10)13/h1-6,10,12,18H,7-9,17H2. The summed E-state index contributed by atoms with van der Waals surface area (Å²) in [7, 11) is 0. The first-order chi connectivity index (χ1) is 9.78. The highest BCUT2D eigenvalue weighted by molar-refractivity contribution is 6.28. The molecule has 0 bridgehead atoms. The Bertz CT molecular complexity index is 585. The van der Waals surface area contributed by atoms with Gasteiger partial charge in [-0.3, -0.25) is 5.84 Å². The number of benzene rings is 1. The van der Waals surface area contributed by atoms with E-state index in [9.17, 15) is 0 Å². The molecular formula is C15H17ClN2O2. The first-order valence-electron chi connectivity index (χ1n) is 6.71. The average molecular weight is 293 g/mol. The van der Waals surface area contributed by atoms with E-state index in [4.69, 9.17) is 26.6 Å². The Labute approximate surface area is 122 Å². The lowest BCUT2D eigenvalue weighted by Gasteiger charge is -2.28. The number of hydrogen-bond acceptors (Lipinski definition) is 4. The molecule has 0 spiro atoms. The molecule has 20 heavy (non-hydrogen) atoms. The second kappa shape index (κ2) is 5.87. The van der Waals surface area contributed by atoms with E-state index >= 15 is 0 Å². The molecule has 0 saturated carbocycles. The Morgan fingerprint density at radius 2 is 2.15 bits per heavy atom. The van der Waals surface area contributed by atoms with Crippen molar-refractivity contribution in [3.8, 4) is 5.75 Å². The van der Waals surface area contributed by atoms with Gasteiger partial charge in [0, 0.05) is 0 Å². The third kappa shape index (κ3) is 2.68. The van der Waals surface area contributed by atoms with Crippen LogP contribution in [0.1, 0.15) is 36.1 Å². The van der Waals surface area contributed by atoms with Crippen LogP contribution in [0, 0.1) is 0 Å². The number of para-hydroxylation sites is 1. The van der Waals surface area contributed by atoms with Crippen LogP contribution in [0.3, 0.4) is 0 Å². The van der Waals surface area contributed by atoms with Crippen LogP contribution in [0.4, 0.5) is 0 Å². The molecule has 1 aromatic carbocycles. The molecule has 106 valence electrons. The van der Waals surface area contributed by atoms with Gasteiger partial charge in [0.2, 0.25) is 0 Å². The maximum Gasteiger partial charge on any atom is 0.193 e. The van der Waals surface area contributed by atoms with E-state index in [0.29, 0.717) is 11.1 Å². The topological polar surface area (TPSA) is 60.4 Å². The Balaban J connectivity index is 1.80. The largest absolute Gasteiger partial charge is 0.493 e. The van der Waals surface area contributed by atoms with Crippen molar-refractivity contribution in [3.63, 3.8) is 0 Å². The molecule has 4 nitrogen and oxygen atoms in total. The minimum absolute atomic E-state index is 0.0568. The Morgan fingerprint density at radius 1 is 1.30 bits per heavy atom. The first kappa shape index (κ1) is 13.5. The van der Waals surface area contributed by atoms with Gasteiger partial charge in [-0.1, -0.05) is 18.2 Å². The highest BCUT2D eigenvalue weighted by Crippen LogP contribution is 2.39. The number of ether oxygens (including phenoxy) is 1. The molecule has 5 heteroatoms. The van der Waals surface area contributed by atoms with E-state index in [1.54, 1.807) is 6.07 Å². The summed E-state index contributed by atoms with van der Waals surface area (Å²) < 4.78 is 11.1. The number of halogens is 1. The quantitative estimate of drug-likeness (QED) is 0.670. The number of nitrogens with two attached hydrogens (primary N) is 1. The molecule has 1 aliphatic heterocycles. The van der Waals surface area contributed by atoms with Crippen LogP contribution in [-0.4, -0.2) is 6.61 Å². The third-order valence-corrected chi connectivity index (χ3v) is 3.94. The van der Waals surface area contributed by atoms with E-state index in [-0.39, 0.29) is 6.04 Å². The number of fused-ring (bicyclic) bond motifs is 1. The van der Waals surface area contributed by atoms with Crippen LogP contribution in [0.15, 0.2) is 40.8 Å². The van der Waals surface area contributed by atoms with Gasteiger partial charge in [0.1, 0.15) is 11.5 Å². The molecular weight excluding hydrogens is 276 g/mol. The van der Waals surface area contributed by atoms with Crippen molar-refractivity contribution in [3.05, 3.63) is 52.9 Å². The Morgan fingerprint density at radius 3 is 2.90 bits per heavy atom. The zero-order valence-corrected chi connectivity index (χ0v) is 11.8. The molecule has 2 heterocycles. The molecule has 2 unspecified atom stereocenters. The molecule has 1 aromatic heterocycles. The normalized spacial score (nSPS) is 19.2. The highest BCUT2D eigenvalue weighted by atomic mass is 35.5. The summed E-state index contributed by atoms with van der Waals surface area (Å²) in [5.41, 5.74) is 4.05. The summed E-state index contributed by atoms with van der Waals surface area (Å²) in [4.78, 5) is 0. The molecule has 0 radical (unpaired) electrons. The number of rotatable bonds is 4. The van der Waals surface area contributed by atoms with Crippen LogP contribution < -0.4 is 16.0 Å². The summed E-state index contributed by atoms with van der Waals surface area (Å²) in [5.74, 6) is 7.79. The summed E-state index contributed by atoms with van der Waals surface area (Å²) in [5, 5.41) is 0.382. The first-order valence-corrected chi connectivity index (χ1v) is 7.09. The van der Waals surface area contributed by atoms with Gasteiger partial charge in [-0.15, -0.1) is 0 Å². The number of furan rings is 1. The van der Waals surface area contributed by atoms with Crippen molar-refractivity contribution in [1.29, 1.82) is 0 Å². The highest BCUT2D eigenvalue weighted by Gasteiger charge is 2.26. The van der Waals surface area contributed by atoms with E-state index in [1.807, 2.05) is 24.3 Å². The predicted molar refractivity (Wildman–Crippen MR) is 77.7 cm³/mol. The smallest absolute Gasteiger partial charge is 0.193 e. The lowest BCUT2D eigenvalue weighted by atomic mass is 9.87. The molecule has 2 aromatic rings. The van der Waals surface area contributed by atoms with Crippen molar-refractivity contribution in [2.24, 2.45) is 5.84 Å². The fourth-order valence-electron chi connectivity index (χ4n) is 2.73. The molecule has 2 atom stereocenters. The van der Waals surface area contributed by atoms with E-state index in [2.05, 4.69) is 11.5 Å². The van der Waals surface area contributed by atoms with E-state index in [1.165, 1.54) is 5.56 Å². The zero-order chi connectivity index (χ0) is 13.9. The molecule has 1 aliphatic rings. The summed E-state index contributed by atoms with van der Waals surface area (Å²) in [6.07, 6.45) is 1.82. The van der Waals surface area contributed by atoms with Crippen molar-refractivity contribution < 1.29 is 9.15 Å². The number of nitrogens with one attached hydrogen (secondary N) is 1. The molecule has 3 N–H and O–H groups in total. The van der Waals surface area contributed by atoms with Crippen LogP contribution in [0.25, 0.3) is 0 Å². The van der Waals surface area contributed by atoms with Gasteiger partial charge in [-0.2, -0.15) is 0 Å². The maximum absolute atomic E-state index is 5.83. The van der Waals surface area contributed by atoms with Gasteiger partial charge in [0.25, 0.3) is 0 Å². The van der Waals surface area contributed by atoms with Crippen LogP contribution in [-0.2, 0) is 0 Å². The zero-order valence-electron chi connectivity index (χ0n) is 11.0. The van der Waals surface area contributed by atoms with Crippen molar-refractivity contribution >= 4 is 11.6 Å². The fraction of sp³-hybridized carbons (Fsp3) is 0.333. The Kier molecular flexibility index (Phi) is 3.96. The van der Waals surface area contributed by atoms with Crippen LogP contribution in [0.5, 0.6) is 5.75 Å². The average Bonchev–Trinajstić information content (AvgIpc) is 2.91. The molecule has 3 rings (SSSR count). The SMILES string of the molecule is NNC(CC1CCOc2ccccc21)c1ccc(Cl)o1. The second-order valence-electron chi connectivity index (χ2n) is 4.97. The molecule has 0 fully saturated rings. The summed E-state index contributed by atoms with van der Waals surface area (Å²) in [6.45, 7) is 0.734. The molecule has 0 amide bonds. The van der Waals surface area contributed by atoms with Crippen molar-refractivity contribution in [1.82, 2.24) is 5.43 Å². The van der Waals surface area contributed by atoms with Gasteiger partial charge >= 0.3 is 0 Å². The van der Waals surface area contributed by atoms with Gasteiger partial charge < -0.3 is 9.15 Å². The van der Waals surface area contributed by atoms with Crippen molar-refractivity contribution in [2.75, 3.05) is 6.61 Å². The monoisotopic (exact) mass is 292 g/mol. The number of hydrazine groups is 1. The lowest BCUT2D eigenvalue weighted by molar-refractivity contribution is 0.251. The van der Waals surface area contributed by atoms with Gasteiger partial charge in [-0.25, -0.2) is 5.43 Å².